The van der Waals surface area contributed by atoms with Gasteiger partial charge in [-0.1, -0.05) is 25.1 Å². The molecule has 4 nitrogen and oxygen atoms in total. The molecule has 0 aliphatic rings. The van der Waals surface area contributed by atoms with E-state index in [1.807, 2.05) is 0 Å². The van der Waals surface area contributed by atoms with Crippen LogP contribution in [0, 0.1) is 28.6 Å². The second-order valence-corrected chi connectivity index (χ2v) is 4.06. The van der Waals surface area contributed by atoms with E-state index in [0.717, 1.165) is 0 Å². The van der Waals surface area contributed by atoms with E-state index < -0.39 is 5.92 Å². The molecule has 2 atom stereocenters. The molecule has 0 aromatic heterocycles. The second kappa shape index (κ2) is 6.42. The number of hydrogen-bond donors (Lipinski definition) is 0. The predicted octanol–water partition coefficient (Wildman–Crippen LogP) is 2.36. The van der Waals surface area contributed by atoms with Crippen LogP contribution in [0.3, 0.4) is 0 Å². The van der Waals surface area contributed by atoms with Crippen LogP contribution < -0.4 is 0 Å². The first kappa shape index (κ1) is 13.7. The van der Waals surface area contributed by atoms with Gasteiger partial charge in [0.25, 0.3) is 0 Å². The van der Waals surface area contributed by atoms with Crippen LogP contribution in [-0.2, 0) is 9.53 Å². The third-order valence-corrected chi connectivity index (χ3v) is 2.84. The molecule has 4 heteroatoms. The summed E-state index contributed by atoms with van der Waals surface area (Å²) < 4.78 is 4.59. The number of nitrogens with zero attached hydrogens (tertiary/aromatic N) is 2. The van der Waals surface area contributed by atoms with Gasteiger partial charge in [0.1, 0.15) is 0 Å². The zero-order chi connectivity index (χ0) is 13.5. The predicted molar refractivity (Wildman–Crippen MR) is 65.3 cm³/mol. The van der Waals surface area contributed by atoms with Gasteiger partial charge in [-0.2, -0.15) is 10.5 Å². The number of nitriles is 2. The van der Waals surface area contributed by atoms with Gasteiger partial charge in [0, 0.05) is 6.42 Å². The van der Waals surface area contributed by atoms with E-state index in [9.17, 15) is 10.1 Å². The molecule has 1 aromatic rings. The lowest BCUT2D eigenvalue weighted by Crippen LogP contribution is -2.15. The van der Waals surface area contributed by atoms with Gasteiger partial charge in [-0.05, 0) is 17.5 Å². The Labute approximate surface area is 106 Å². The van der Waals surface area contributed by atoms with Crippen molar-refractivity contribution < 1.29 is 9.53 Å². The molecule has 1 rings (SSSR count). The molecule has 1 aromatic carbocycles. The highest BCUT2D eigenvalue weighted by atomic mass is 16.5. The third kappa shape index (κ3) is 3.09. The largest absolute Gasteiger partial charge is 0.469 e. The van der Waals surface area contributed by atoms with Crippen molar-refractivity contribution in [3.8, 4) is 12.1 Å². The van der Waals surface area contributed by atoms with Crippen LogP contribution in [0.5, 0.6) is 0 Å². The molecule has 0 saturated heterocycles. The highest BCUT2D eigenvalue weighted by molar-refractivity contribution is 5.69. The van der Waals surface area contributed by atoms with Gasteiger partial charge in [0.15, 0.2) is 0 Å². The molecule has 0 spiro atoms. The maximum Gasteiger partial charge on any atom is 0.305 e. The Morgan fingerprint density at radius 1 is 1.39 bits per heavy atom. The number of ether oxygens (including phenoxy) is 1. The van der Waals surface area contributed by atoms with E-state index in [1.54, 1.807) is 31.2 Å². The number of benzene rings is 1. The van der Waals surface area contributed by atoms with Crippen molar-refractivity contribution in [1.82, 2.24) is 0 Å². The Bertz CT molecular complexity index is 511. The van der Waals surface area contributed by atoms with Crippen LogP contribution >= 0.6 is 0 Å². The summed E-state index contributed by atoms with van der Waals surface area (Å²) in [5.74, 6) is -1.03. The van der Waals surface area contributed by atoms with E-state index in [0.29, 0.717) is 11.1 Å². The molecule has 92 valence electrons. The van der Waals surface area contributed by atoms with Crippen LogP contribution in [0.2, 0.25) is 0 Å². The number of carbonyl (C=O) groups is 1. The van der Waals surface area contributed by atoms with Gasteiger partial charge >= 0.3 is 5.97 Å². The minimum atomic E-state index is -0.486. The fraction of sp³-hybridized carbons (Fsp3) is 0.357. The smallest absolute Gasteiger partial charge is 0.305 e. The van der Waals surface area contributed by atoms with E-state index in [1.165, 1.54) is 7.11 Å². The summed E-state index contributed by atoms with van der Waals surface area (Å²) in [5, 5.41) is 18.3. The van der Waals surface area contributed by atoms with Crippen LogP contribution in [0.1, 0.15) is 30.4 Å². The Kier molecular flexibility index (Phi) is 4.90. The van der Waals surface area contributed by atoms with Gasteiger partial charge in [-0.15, -0.1) is 0 Å². The Hall–Kier alpha value is -2.33. The number of rotatable bonds is 4. The molecule has 0 heterocycles. The monoisotopic (exact) mass is 242 g/mol. The van der Waals surface area contributed by atoms with Crippen molar-refractivity contribution in [1.29, 1.82) is 10.5 Å². The molecule has 18 heavy (non-hydrogen) atoms. The van der Waals surface area contributed by atoms with Crippen LogP contribution in [0.4, 0.5) is 0 Å². The molecule has 0 aliphatic heterocycles. The van der Waals surface area contributed by atoms with E-state index >= 15 is 0 Å². The summed E-state index contributed by atoms with van der Waals surface area (Å²) in [6.07, 6.45) is 0.161. The number of methoxy groups -OCH3 is 1. The molecule has 0 radical (unpaired) electrons. The van der Waals surface area contributed by atoms with Gasteiger partial charge in [0.05, 0.1) is 30.7 Å². The number of esters is 1. The SMILES string of the molecule is COC(=O)CC(C)C(C#N)c1ccccc1C#N. The standard InChI is InChI=1S/C14H14N2O2/c1-10(7-14(17)18-2)13(9-16)12-6-4-3-5-11(12)8-15/h3-6,10,13H,7H2,1-2H3. The fourth-order valence-electron chi connectivity index (χ4n) is 1.84. The summed E-state index contributed by atoms with van der Waals surface area (Å²) in [6.45, 7) is 1.80. The molecular formula is C14H14N2O2. The van der Waals surface area contributed by atoms with Crippen LogP contribution in [-0.4, -0.2) is 13.1 Å². The van der Waals surface area contributed by atoms with Gasteiger partial charge in [-0.3, -0.25) is 4.79 Å². The summed E-state index contributed by atoms with van der Waals surface area (Å²) in [5.41, 5.74) is 1.14. The first-order chi connectivity index (χ1) is 8.63. The maximum atomic E-state index is 11.2. The van der Waals surface area contributed by atoms with Crippen LogP contribution in [0.25, 0.3) is 0 Å². The number of hydrogen-bond acceptors (Lipinski definition) is 4. The third-order valence-electron chi connectivity index (χ3n) is 2.84. The minimum Gasteiger partial charge on any atom is -0.469 e. The Morgan fingerprint density at radius 2 is 2.06 bits per heavy atom. The topological polar surface area (TPSA) is 73.9 Å². The van der Waals surface area contributed by atoms with E-state index in [-0.39, 0.29) is 18.3 Å². The molecule has 0 fully saturated rings. The molecule has 0 aliphatic carbocycles. The van der Waals surface area contributed by atoms with Crippen molar-refractivity contribution >= 4 is 5.97 Å². The molecule has 2 unspecified atom stereocenters. The van der Waals surface area contributed by atoms with Crippen LogP contribution in [0.15, 0.2) is 24.3 Å². The van der Waals surface area contributed by atoms with Crippen molar-refractivity contribution in [3.05, 3.63) is 35.4 Å². The summed E-state index contributed by atoms with van der Waals surface area (Å²) in [4.78, 5) is 11.2. The summed E-state index contributed by atoms with van der Waals surface area (Å²) >= 11 is 0. The van der Waals surface area contributed by atoms with Crippen molar-refractivity contribution in [2.75, 3.05) is 7.11 Å². The van der Waals surface area contributed by atoms with Gasteiger partial charge < -0.3 is 4.74 Å². The first-order valence-electron chi connectivity index (χ1n) is 5.59. The Balaban J connectivity index is 3.00. The summed E-state index contributed by atoms with van der Waals surface area (Å²) in [6, 6.07) is 11.2. The lowest BCUT2D eigenvalue weighted by atomic mass is 9.84. The molecular weight excluding hydrogens is 228 g/mol. The Morgan fingerprint density at radius 3 is 2.61 bits per heavy atom. The van der Waals surface area contributed by atoms with E-state index in [4.69, 9.17) is 5.26 Å². The maximum absolute atomic E-state index is 11.2. The zero-order valence-electron chi connectivity index (χ0n) is 10.4. The minimum absolute atomic E-state index is 0.161. The first-order valence-corrected chi connectivity index (χ1v) is 5.59. The molecule has 0 saturated carbocycles. The normalized spacial score (nSPS) is 12.9. The van der Waals surface area contributed by atoms with Gasteiger partial charge in [-0.25, -0.2) is 0 Å². The highest BCUT2D eigenvalue weighted by Crippen LogP contribution is 2.28. The zero-order valence-corrected chi connectivity index (χ0v) is 10.4. The van der Waals surface area contributed by atoms with Crippen molar-refractivity contribution in [2.45, 2.75) is 19.3 Å². The molecule has 0 bridgehead atoms. The fourth-order valence-corrected chi connectivity index (χ4v) is 1.84. The number of carbonyl (C=O) groups excluding carboxylic acids is 1. The lowest BCUT2D eigenvalue weighted by Gasteiger charge is -2.17. The van der Waals surface area contributed by atoms with Crippen molar-refractivity contribution in [3.63, 3.8) is 0 Å². The van der Waals surface area contributed by atoms with Crippen molar-refractivity contribution in [2.24, 2.45) is 5.92 Å². The summed E-state index contributed by atoms with van der Waals surface area (Å²) in [7, 11) is 1.32. The van der Waals surface area contributed by atoms with E-state index in [2.05, 4.69) is 16.9 Å². The highest BCUT2D eigenvalue weighted by Gasteiger charge is 2.24. The lowest BCUT2D eigenvalue weighted by molar-refractivity contribution is -0.141. The molecule has 0 amide bonds. The van der Waals surface area contributed by atoms with Gasteiger partial charge in [0.2, 0.25) is 0 Å². The second-order valence-electron chi connectivity index (χ2n) is 4.06. The quantitative estimate of drug-likeness (QED) is 0.759. The molecule has 0 N–H and O–H groups in total. The average molecular weight is 242 g/mol. The average Bonchev–Trinajstić information content (AvgIpc) is 2.40.